The normalized spacial score (nSPS) is 22.3. The van der Waals surface area contributed by atoms with E-state index in [4.69, 9.17) is 15.2 Å². The molecule has 0 aromatic carbocycles. The quantitative estimate of drug-likeness (QED) is 0.885. The van der Waals surface area contributed by atoms with Crippen LogP contribution in [0.1, 0.15) is 17.0 Å². The molecule has 2 aromatic rings. The summed E-state index contributed by atoms with van der Waals surface area (Å²) < 4.78 is 11.6. The first-order chi connectivity index (χ1) is 11.8. The second-order valence-corrected chi connectivity index (χ2v) is 7.11. The molecule has 4 heterocycles. The van der Waals surface area contributed by atoms with Gasteiger partial charge in [0, 0.05) is 11.1 Å². The number of hydrogen-bond donors (Lipinski definition) is 1. The van der Waals surface area contributed by atoms with Gasteiger partial charge in [0.25, 0.3) is 0 Å². The zero-order valence-corrected chi connectivity index (χ0v) is 14.3. The van der Waals surface area contributed by atoms with Crippen molar-refractivity contribution in [2.45, 2.75) is 5.92 Å². The molecule has 0 fully saturated rings. The van der Waals surface area contributed by atoms with E-state index in [0.717, 1.165) is 28.0 Å². The Morgan fingerprint density at radius 2 is 2.04 bits per heavy atom. The van der Waals surface area contributed by atoms with Gasteiger partial charge >= 0.3 is 0 Å². The first-order valence-corrected chi connectivity index (χ1v) is 9.30. The van der Waals surface area contributed by atoms with Gasteiger partial charge in [0.1, 0.15) is 17.4 Å². The first-order valence-electron chi connectivity index (χ1n) is 7.41. The van der Waals surface area contributed by atoms with Gasteiger partial charge in [-0.25, -0.2) is 0 Å². The van der Waals surface area contributed by atoms with Crippen molar-refractivity contribution in [2.75, 3.05) is 13.2 Å². The standard InChI is InChI=1S/C18H14N2O2S2/c19-6-14-16(12-2-4-24-10-12)15-8-21-7-13(17(15)22-18(14)20)5-11-1-3-23-9-11/h1-5,9-10,16H,7-8,20H2. The molecule has 24 heavy (non-hydrogen) atoms. The molecule has 4 nitrogen and oxygen atoms in total. The van der Waals surface area contributed by atoms with Gasteiger partial charge in [-0.15, -0.1) is 0 Å². The van der Waals surface area contributed by atoms with Crippen LogP contribution in [0, 0.1) is 11.3 Å². The van der Waals surface area contributed by atoms with E-state index in [-0.39, 0.29) is 11.8 Å². The summed E-state index contributed by atoms with van der Waals surface area (Å²) in [6.07, 6.45) is 2.06. The molecule has 1 atom stereocenters. The summed E-state index contributed by atoms with van der Waals surface area (Å²) >= 11 is 3.24. The van der Waals surface area contributed by atoms with E-state index in [1.54, 1.807) is 22.7 Å². The fourth-order valence-electron chi connectivity index (χ4n) is 3.03. The molecule has 0 spiro atoms. The molecule has 0 saturated carbocycles. The SMILES string of the molecule is N#CC1=C(N)OC2=C(COCC2=Cc2ccsc2)C1c1ccsc1. The Labute approximate surface area is 147 Å². The van der Waals surface area contributed by atoms with Crippen LogP contribution < -0.4 is 5.73 Å². The maximum atomic E-state index is 9.55. The summed E-state index contributed by atoms with van der Waals surface area (Å²) in [7, 11) is 0. The molecule has 0 radical (unpaired) electrons. The van der Waals surface area contributed by atoms with Crippen LogP contribution in [0.4, 0.5) is 0 Å². The molecule has 120 valence electrons. The third-order valence-electron chi connectivity index (χ3n) is 4.09. The van der Waals surface area contributed by atoms with Gasteiger partial charge in [0.2, 0.25) is 5.88 Å². The molecule has 0 bridgehead atoms. The van der Waals surface area contributed by atoms with E-state index in [1.165, 1.54) is 0 Å². The van der Waals surface area contributed by atoms with Crippen molar-refractivity contribution < 1.29 is 9.47 Å². The first kappa shape index (κ1) is 15.2. The van der Waals surface area contributed by atoms with Crippen molar-refractivity contribution in [3.05, 3.63) is 73.1 Å². The number of nitrogens with zero attached hydrogens (tertiary/aromatic N) is 1. The minimum absolute atomic E-state index is 0.186. The van der Waals surface area contributed by atoms with Crippen LogP contribution in [0.25, 0.3) is 6.08 Å². The number of hydrogen-bond acceptors (Lipinski definition) is 6. The largest absolute Gasteiger partial charge is 0.440 e. The van der Waals surface area contributed by atoms with E-state index < -0.39 is 0 Å². The summed E-state index contributed by atoms with van der Waals surface area (Å²) in [5.74, 6) is 0.738. The highest BCUT2D eigenvalue weighted by molar-refractivity contribution is 7.08. The Hall–Kier alpha value is -2.33. The van der Waals surface area contributed by atoms with Crippen LogP contribution in [0.5, 0.6) is 0 Å². The van der Waals surface area contributed by atoms with Crippen LogP contribution in [0.3, 0.4) is 0 Å². The minimum atomic E-state index is -0.198. The molecule has 2 aromatic heterocycles. The highest BCUT2D eigenvalue weighted by Gasteiger charge is 2.36. The fourth-order valence-corrected chi connectivity index (χ4v) is 4.33. The summed E-state index contributed by atoms with van der Waals surface area (Å²) in [5.41, 5.74) is 10.6. The Bertz CT molecular complexity index is 884. The lowest BCUT2D eigenvalue weighted by molar-refractivity contribution is 0.142. The van der Waals surface area contributed by atoms with Gasteiger partial charge in [-0.2, -0.15) is 27.9 Å². The molecular weight excluding hydrogens is 340 g/mol. The van der Waals surface area contributed by atoms with Gasteiger partial charge in [-0.3, -0.25) is 0 Å². The zero-order chi connectivity index (χ0) is 16.5. The van der Waals surface area contributed by atoms with Crippen LogP contribution in [-0.4, -0.2) is 13.2 Å². The number of allylic oxidation sites excluding steroid dienone is 1. The molecule has 0 amide bonds. The van der Waals surface area contributed by atoms with Crippen molar-refractivity contribution in [3.8, 4) is 6.07 Å². The van der Waals surface area contributed by atoms with E-state index in [9.17, 15) is 5.26 Å². The van der Waals surface area contributed by atoms with Crippen molar-refractivity contribution in [2.24, 2.45) is 5.73 Å². The molecule has 2 aliphatic rings. The number of nitriles is 1. The van der Waals surface area contributed by atoms with Crippen LogP contribution in [0.15, 0.2) is 62.0 Å². The van der Waals surface area contributed by atoms with Crippen LogP contribution in [0.2, 0.25) is 0 Å². The lowest BCUT2D eigenvalue weighted by atomic mass is 9.83. The van der Waals surface area contributed by atoms with E-state index in [1.807, 2.05) is 28.3 Å². The summed E-state index contributed by atoms with van der Waals surface area (Å²) in [5, 5.41) is 17.7. The summed E-state index contributed by atoms with van der Waals surface area (Å²) in [4.78, 5) is 0. The molecule has 0 saturated heterocycles. The maximum Gasteiger partial charge on any atom is 0.205 e. The maximum absolute atomic E-state index is 9.55. The lowest BCUT2D eigenvalue weighted by Crippen LogP contribution is -2.27. The molecule has 6 heteroatoms. The highest BCUT2D eigenvalue weighted by Crippen LogP contribution is 2.43. The number of ether oxygens (including phenoxy) is 2. The second kappa shape index (κ2) is 6.29. The number of rotatable bonds is 2. The molecule has 1 unspecified atom stereocenters. The Morgan fingerprint density at radius 1 is 1.21 bits per heavy atom. The van der Waals surface area contributed by atoms with Crippen molar-refractivity contribution in [1.82, 2.24) is 0 Å². The van der Waals surface area contributed by atoms with Gasteiger partial charge in [0.05, 0.1) is 19.1 Å². The molecule has 2 N–H and O–H groups in total. The predicted octanol–water partition coefficient (Wildman–Crippen LogP) is 3.99. The van der Waals surface area contributed by atoms with Gasteiger partial charge in [-0.05, 0) is 50.9 Å². The van der Waals surface area contributed by atoms with E-state index >= 15 is 0 Å². The molecule has 4 rings (SSSR count). The van der Waals surface area contributed by atoms with Crippen molar-refractivity contribution in [3.63, 3.8) is 0 Å². The van der Waals surface area contributed by atoms with Crippen molar-refractivity contribution in [1.29, 1.82) is 5.26 Å². The van der Waals surface area contributed by atoms with Crippen LogP contribution in [-0.2, 0) is 9.47 Å². The number of thiophene rings is 2. The van der Waals surface area contributed by atoms with Gasteiger partial charge < -0.3 is 15.2 Å². The van der Waals surface area contributed by atoms with E-state index in [2.05, 4.69) is 17.5 Å². The number of nitrogens with two attached hydrogens (primary N) is 1. The van der Waals surface area contributed by atoms with Crippen molar-refractivity contribution >= 4 is 28.7 Å². The Balaban J connectivity index is 1.84. The fraction of sp³-hybridized carbons (Fsp3) is 0.167. The molecule has 0 aliphatic carbocycles. The second-order valence-electron chi connectivity index (χ2n) is 5.55. The monoisotopic (exact) mass is 354 g/mol. The summed E-state index contributed by atoms with van der Waals surface area (Å²) in [6, 6.07) is 6.28. The minimum Gasteiger partial charge on any atom is -0.440 e. The topological polar surface area (TPSA) is 68.3 Å². The van der Waals surface area contributed by atoms with Gasteiger partial charge in [-0.1, -0.05) is 0 Å². The lowest BCUT2D eigenvalue weighted by Gasteiger charge is -2.32. The summed E-state index contributed by atoms with van der Waals surface area (Å²) in [6.45, 7) is 0.912. The average Bonchev–Trinajstić information content (AvgIpc) is 3.28. The Kier molecular flexibility index (Phi) is 3.98. The molecular formula is C18H14N2O2S2. The average molecular weight is 354 g/mol. The smallest absolute Gasteiger partial charge is 0.205 e. The van der Waals surface area contributed by atoms with Gasteiger partial charge in [0.15, 0.2) is 0 Å². The predicted molar refractivity (Wildman–Crippen MR) is 95.1 cm³/mol. The third kappa shape index (κ3) is 2.57. The highest BCUT2D eigenvalue weighted by atomic mass is 32.1. The van der Waals surface area contributed by atoms with Crippen LogP contribution >= 0.6 is 22.7 Å². The third-order valence-corrected chi connectivity index (χ3v) is 5.50. The zero-order valence-electron chi connectivity index (χ0n) is 12.7. The Morgan fingerprint density at radius 3 is 2.75 bits per heavy atom. The molecule has 2 aliphatic heterocycles. The van der Waals surface area contributed by atoms with E-state index in [0.29, 0.717) is 18.8 Å².